The predicted octanol–water partition coefficient (Wildman–Crippen LogP) is 4.99. The zero-order valence-corrected chi connectivity index (χ0v) is 11.1. The van der Waals surface area contributed by atoms with Crippen molar-refractivity contribution in [2.24, 2.45) is 0 Å². The lowest BCUT2D eigenvalue weighted by molar-refractivity contribution is 1.23. The first-order valence-corrected chi connectivity index (χ1v) is 6.91. The molecule has 0 aliphatic heterocycles. The van der Waals surface area contributed by atoms with Crippen LogP contribution in [0.5, 0.6) is 0 Å². The minimum Gasteiger partial charge on any atom is -0.0798 e. The van der Waals surface area contributed by atoms with E-state index in [0.717, 1.165) is 12.8 Å². The molecule has 4 rings (SSSR count). The summed E-state index contributed by atoms with van der Waals surface area (Å²) < 4.78 is 0. The molecule has 0 unspecified atom stereocenters. The van der Waals surface area contributed by atoms with Gasteiger partial charge in [0.25, 0.3) is 0 Å². The first kappa shape index (κ1) is 10.8. The van der Waals surface area contributed by atoms with Gasteiger partial charge >= 0.3 is 0 Å². The molecule has 92 valence electrons. The predicted molar refractivity (Wildman–Crippen MR) is 81.0 cm³/mol. The molecule has 2 aliphatic rings. The van der Waals surface area contributed by atoms with E-state index < -0.39 is 0 Å². The maximum atomic E-state index is 2.29. The number of fused-ring (bicyclic) bond motifs is 3. The summed E-state index contributed by atoms with van der Waals surface area (Å²) in [5.74, 6) is 0. The lowest BCUT2D eigenvalue weighted by Crippen LogP contribution is -1.91. The third-order valence-corrected chi connectivity index (χ3v) is 4.31. The summed E-state index contributed by atoms with van der Waals surface area (Å²) in [4.78, 5) is 0. The van der Waals surface area contributed by atoms with E-state index in [9.17, 15) is 0 Å². The largest absolute Gasteiger partial charge is 0.0798 e. The summed E-state index contributed by atoms with van der Waals surface area (Å²) in [6.45, 7) is 2.25. The molecule has 0 amide bonds. The quantitative estimate of drug-likeness (QED) is 0.565. The SMILES string of the molecule is CC1=C(c2cccc3c2Cc2ccccc2-3)C=CC1. The fourth-order valence-corrected chi connectivity index (χ4v) is 3.34. The van der Waals surface area contributed by atoms with E-state index in [0.29, 0.717) is 0 Å². The molecule has 0 heteroatoms. The Morgan fingerprint density at radius 3 is 2.47 bits per heavy atom. The van der Waals surface area contributed by atoms with E-state index in [1.54, 1.807) is 0 Å². The van der Waals surface area contributed by atoms with E-state index in [1.165, 1.54) is 39.0 Å². The molecule has 0 radical (unpaired) electrons. The smallest absolute Gasteiger partial charge is 0.000729 e. The second-order valence-electron chi connectivity index (χ2n) is 5.47. The third kappa shape index (κ3) is 1.53. The van der Waals surface area contributed by atoms with Gasteiger partial charge in [0.05, 0.1) is 0 Å². The molecule has 0 heterocycles. The van der Waals surface area contributed by atoms with Crippen molar-refractivity contribution in [3.8, 4) is 11.1 Å². The van der Waals surface area contributed by atoms with E-state index >= 15 is 0 Å². The zero-order chi connectivity index (χ0) is 12.8. The van der Waals surface area contributed by atoms with Crippen LogP contribution in [0.25, 0.3) is 16.7 Å². The Kier molecular flexibility index (Phi) is 2.25. The molecule has 0 N–H and O–H groups in total. The normalized spacial score (nSPS) is 15.8. The van der Waals surface area contributed by atoms with Crippen molar-refractivity contribution in [2.45, 2.75) is 19.8 Å². The Morgan fingerprint density at radius 1 is 0.842 bits per heavy atom. The third-order valence-electron chi connectivity index (χ3n) is 4.31. The van der Waals surface area contributed by atoms with Gasteiger partial charge in [0.2, 0.25) is 0 Å². The molecule has 2 aromatic carbocycles. The van der Waals surface area contributed by atoms with Crippen LogP contribution in [0.1, 0.15) is 30.0 Å². The Morgan fingerprint density at radius 2 is 1.63 bits per heavy atom. The van der Waals surface area contributed by atoms with Crippen LogP contribution in [0.3, 0.4) is 0 Å². The first-order valence-electron chi connectivity index (χ1n) is 6.91. The van der Waals surface area contributed by atoms with Gasteiger partial charge < -0.3 is 0 Å². The molecular weight excluding hydrogens is 228 g/mol. The number of rotatable bonds is 1. The molecule has 0 saturated heterocycles. The highest BCUT2D eigenvalue weighted by atomic mass is 14.3. The van der Waals surface area contributed by atoms with E-state index in [-0.39, 0.29) is 0 Å². The number of allylic oxidation sites excluding steroid dienone is 4. The summed E-state index contributed by atoms with van der Waals surface area (Å²) in [6.07, 6.45) is 6.73. The molecule has 19 heavy (non-hydrogen) atoms. The molecule has 0 nitrogen and oxygen atoms in total. The highest BCUT2D eigenvalue weighted by Crippen LogP contribution is 2.41. The fourth-order valence-electron chi connectivity index (χ4n) is 3.34. The number of benzene rings is 2. The Balaban J connectivity index is 1.95. The van der Waals surface area contributed by atoms with Crippen LogP contribution in [0.15, 0.2) is 60.2 Å². The van der Waals surface area contributed by atoms with Gasteiger partial charge in [-0.3, -0.25) is 0 Å². The van der Waals surface area contributed by atoms with E-state index in [1.807, 2.05) is 0 Å². The zero-order valence-electron chi connectivity index (χ0n) is 11.1. The molecule has 0 bridgehead atoms. The molecular formula is C19H16. The van der Waals surface area contributed by atoms with Gasteiger partial charge in [0.15, 0.2) is 0 Å². The average Bonchev–Trinajstić information content (AvgIpc) is 3.02. The fraction of sp³-hybridized carbons (Fsp3) is 0.158. The molecule has 2 aliphatic carbocycles. The highest BCUT2D eigenvalue weighted by molar-refractivity contribution is 5.87. The Labute approximate surface area is 114 Å². The van der Waals surface area contributed by atoms with Crippen molar-refractivity contribution in [2.75, 3.05) is 0 Å². The second-order valence-corrected chi connectivity index (χ2v) is 5.47. The minimum atomic E-state index is 1.08. The average molecular weight is 244 g/mol. The van der Waals surface area contributed by atoms with Gasteiger partial charge in [0, 0.05) is 0 Å². The van der Waals surface area contributed by atoms with E-state index in [2.05, 4.69) is 61.5 Å². The van der Waals surface area contributed by atoms with Gasteiger partial charge in [-0.25, -0.2) is 0 Å². The van der Waals surface area contributed by atoms with Crippen molar-refractivity contribution >= 4 is 5.57 Å². The van der Waals surface area contributed by atoms with Crippen LogP contribution in [-0.4, -0.2) is 0 Å². The standard InChI is InChI=1S/C19H16/c1-13-6-4-9-15(13)17-10-5-11-18-16-8-3-2-7-14(16)12-19(17)18/h2-5,7-11H,6,12H2,1H3. The van der Waals surface area contributed by atoms with Crippen molar-refractivity contribution in [1.29, 1.82) is 0 Å². The molecule has 0 atom stereocenters. The lowest BCUT2D eigenvalue weighted by atomic mass is 9.94. The Hall–Kier alpha value is -2.08. The van der Waals surface area contributed by atoms with Gasteiger partial charge in [0.1, 0.15) is 0 Å². The summed E-state index contributed by atoms with van der Waals surface area (Å²) >= 11 is 0. The van der Waals surface area contributed by atoms with Crippen molar-refractivity contribution < 1.29 is 0 Å². The monoisotopic (exact) mass is 244 g/mol. The Bertz CT molecular complexity index is 729. The maximum absolute atomic E-state index is 2.29. The van der Waals surface area contributed by atoms with Crippen LogP contribution in [0, 0.1) is 0 Å². The minimum absolute atomic E-state index is 1.08. The molecule has 0 saturated carbocycles. The topological polar surface area (TPSA) is 0 Å². The molecule has 2 aromatic rings. The highest BCUT2D eigenvalue weighted by Gasteiger charge is 2.22. The molecule has 0 spiro atoms. The van der Waals surface area contributed by atoms with Gasteiger partial charge in [-0.1, -0.05) is 60.2 Å². The summed E-state index contributed by atoms with van der Waals surface area (Å²) in [7, 11) is 0. The van der Waals surface area contributed by atoms with Gasteiger partial charge in [-0.2, -0.15) is 0 Å². The van der Waals surface area contributed by atoms with Crippen LogP contribution in [0.4, 0.5) is 0 Å². The number of hydrogen-bond donors (Lipinski definition) is 0. The van der Waals surface area contributed by atoms with Gasteiger partial charge in [-0.15, -0.1) is 0 Å². The first-order chi connectivity index (χ1) is 9.34. The van der Waals surface area contributed by atoms with Crippen molar-refractivity contribution in [3.05, 3.63) is 76.9 Å². The number of hydrogen-bond acceptors (Lipinski definition) is 0. The summed E-state index contributed by atoms with van der Waals surface area (Å²) in [6, 6.07) is 15.5. The summed E-state index contributed by atoms with van der Waals surface area (Å²) in [5, 5.41) is 0. The maximum Gasteiger partial charge on any atom is -0.000729 e. The van der Waals surface area contributed by atoms with Crippen LogP contribution in [0.2, 0.25) is 0 Å². The van der Waals surface area contributed by atoms with Gasteiger partial charge in [-0.05, 0) is 53.2 Å². The second kappa shape index (κ2) is 3.96. The van der Waals surface area contributed by atoms with Crippen LogP contribution in [-0.2, 0) is 6.42 Å². The summed E-state index contributed by atoms with van der Waals surface area (Å²) in [5.41, 5.74) is 10.2. The van der Waals surface area contributed by atoms with Crippen molar-refractivity contribution in [3.63, 3.8) is 0 Å². The lowest BCUT2D eigenvalue weighted by Gasteiger charge is -2.10. The van der Waals surface area contributed by atoms with Crippen LogP contribution < -0.4 is 0 Å². The molecule has 0 fully saturated rings. The van der Waals surface area contributed by atoms with Crippen molar-refractivity contribution in [1.82, 2.24) is 0 Å². The molecule has 0 aromatic heterocycles. The van der Waals surface area contributed by atoms with E-state index in [4.69, 9.17) is 0 Å². The van der Waals surface area contributed by atoms with Crippen LogP contribution >= 0.6 is 0 Å².